The summed E-state index contributed by atoms with van der Waals surface area (Å²) in [4.78, 5) is 7.02. The first-order chi connectivity index (χ1) is 5.13. The topological polar surface area (TPSA) is 95.9 Å². The van der Waals surface area contributed by atoms with Crippen LogP contribution in [0, 0.1) is 5.41 Å². The second-order valence-electron chi connectivity index (χ2n) is 1.78. The van der Waals surface area contributed by atoms with Crippen molar-refractivity contribution in [3.8, 4) is 5.75 Å². The Balaban J connectivity index is 3.27. The monoisotopic (exact) mass is 172 g/mol. The Labute approximate surface area is 67.4 Å². The van der Waals surface area contributed by atoms with E-state index in [4.69, 9.17) is 27.9 Å². The lowest BCUT2D eigenvalue weighted by Crippen LogP contribution is -2.13. The molecule has 4 N–H and O–H groups in total. The first-order valence-corrected chi connectivity index (χ1v) is 3.04. The molecule has 0 unspecified atom stereocenters. The first-order valence-electron chi connectivity index (χ1n) is 2.66. The Bertz CT molecular complexity index is 301. The van der Waals surface area contributed by atoms with E-state index in [0.29, 0.717) is 0 Å². The van der Waals surface area contributed by atoms with Gasteiger partial charge in [0.25, 0.3) is 0 Å². The van der Waals surface area contributed by atoms with Gasteiger partial charge in [0.1, 0.15) is 12.2 Å². The van der Waals surface area contributed by atoms with Crippen molar-refractivity contribution in [2.24, 2.45) is 5.73 Å². The highest BCUT2D eigenvalue weighted by Gasteiger charge is 2.09. The predicted molar refractivity (Wildman–Crippen MR) is 39.7 cm³/mol. The van der Waals surface area contributed by atoms with E-state index in [9.17, 15) is 0 Å². The standard InChI is InChI=1S/C5H5ClN4O/c6-4-3(11)2(5(7)8)9-1-10-4/h1,11H,(H3,7,8). The molecule has 11 heavy (non-hydrogen) atoms. The van der Waals surface area contributed by atoms with Gasteiger partial charge in [-0.1, -0.05) is 11.6 Å². The Morgan fingerprint density at radius 1 is 1.64 bits per heavy atom. The van der Waals surface area contributed by atoms with Gasteiger partial charge in [-0.2, -0.15) is 0 Å². The number of rotatable bonds is 1. The molecule has 0 bridgehead atoms. The van der Waals surface area contributed by atoms with Crippen LogP contribution in [0.5, 0.6) is 5.75 Å². The molecule has 1 heterocycles. The third-order valence-corrected chi connectivity index (χ3v) is 1.31. The van der Waals surface area contributed by atoms with Gasteiger partial charge >= 0.3 is 0 Å². The molecule has 0 spiro atoms. The second kappa shape index (κ2) is 2.71. The van der Waals surface area contributed by atoms with E-state index in [2.05, 4.69) is 9.97 Å². The van der Waals surface area contributed by atoms with Crippen LogP contribution in [-0.2, 0) is 0 Å². The molecular weight excluding hydrogens is 168 g/mol. The molecule has 1 aromatic heterocycles. The molecule has 0 aliphatic carbocycles. The van der Waals surface area contributed by atoms with E-state index < -0.39 is 0 Å². The van der Waals surface area contributed by atoms with Gasteiger partial charge in [0.15, 0.2) is 16.6 Å². The van der Waals surface area contributed by atoms with Crippen LogP contribution in [0.15, 0.2) is 6.33 Å². The largest absolute Gasteiger partial charge is 0.503 e. The molecule has 0 saturated carbocycles. The van der Waals surface area contributed by atoms with Gasteiger partial charge in [0.2, 0.25) is 0 Å². The number of aromatic nitrogens is 2. The summed E-state index contributed by atoms with van der Waals surface area (Å²) in [5.74, 6) is -0.700. The molecular formula is C5H5ClN4O. The highest BCUT2D eigenvalue weighted by molar-refractivity contribution is 6.31. The van der Waals surface area contributed by atoms with Crippen LogP contribution < -0.4 is 5.73 Å². The van der Waals surface area contributed by atoms with Gasteiger partial charge in [-0.25, -0.2) is 9.97 Å². The van der Waals surface area contributed by atoms with Crippen molar-refractivity contribution < 1.29 is 5.11 Å². The average molecular weight is 173 g/mol. The van der Waals surface area contributed by atoms with Gasteiger partial charge in [0.05, 0.1) is 0 Å². The SMILES string of the molecule is N=C(N)c1ncnc(Cl)c1O. The molecule has 0 atom stereocenters. The predicted octanol–water partition coefficient (Wildman–Crippen LogP) is 0.120. The summed E-state index contributed by atoms with van der Waals surface area (Å²) >= 11 is 5.40. The number of amidine groups is 1. The van der Waals surface area contributed by atoms with Crippen LogP contribution in [0.1, 0.15) is 5.69 Å². The van der Waals surface area contributed by atoms with Crippen molar-refractivity contribution in [1.29, 1.82) is 5.41 Å². The van der Waals surface area contributed by atoms with Crippen LogP contribution in [-0.4, -0.2) is 20.9 Å². The Morgan fingerprint density at radius 3 is 2.73 bits per heavy atom. The number of aromatic hydroxyl groups is 1. The van der Waals surface area contributed by atoms with E-state index in [1.54, 1.807) is 0 Å². The quantitative estimate of drug-likeness (QED) is 0.319. The summed E-state index contributed by atoms with van der Waals surface area (Å²) in [5.41, 5.74) is 5.01. The van der Waals surface area contributed by atoms with Crippen LogP contribution in [0.25, 0.3) is 0 Å². The molecule has 0 amide bonds. The molecule has 0 aromatic carbocycles. The normalized spacial score (nSPS) is 9.55. The lowest BCUT2D eigenvalue weighted by atomic mass is 10.3. The van der Waals surface area contributed by atoms with Crippen molar-refractivity contribution in [2.45, 2.75) is 0 Å². The summed E-state index contributed by atoms with van der Waals surface area (Å²) < 4.78 is 0. The summed E-state index contributed by atoms with van der Waals surface area (Å²) in [6.07, 6.45) is 1.12. The van der Waals surface area contributed by atoms with E-state index in [-0.39, 0.29) is 22.4 Å². The lowest BCUT2D eigenvalue weighted by Gasteiger charge is -1.99. The van der Waals surface area contributed by atoms with Gasteiger partial charge in [-0.05, 0) is 0 Å². The summed E-state index contributed by atoms with van der Waals surface area (Å²) in [5, 5.41) is 15.9. The summed E-state index contributed by atoms with van der Waals surface area (Å²) in [6.45, 7) is 0. The number of nitrogens with two attached hydrogens (primary N) is 1. The zero-order valence-electron chi connectivity index (χ0n) is 5.37. The van der Waals surface area contributed by atoms with Gasteiger partial charge < -0.3 is 10.8 Å². The number of halogens is 1. The van der Waals surface area contributed by atoms with E-state index in [0.717, 1.165) is 6.33 Å². The number of nitrogens with zero attached hydrogens (tertiary/aromatic N) is 2. The zero-order chi connectivity index (χ0) is 8.43. The van der Waals surface area contributed by atoms with Crippen LogP contribution in [0.2, 0.25) is 5.15 Å². The van der Waals surface area contributed by atoms with E-state index in [1.165, 1.54) is 0 Å². The van der Waals surface area contributed by atoms with Crippen LogP contribution in [0.4, 0.5) is 0 Å². The molecule has 1 rings (SSSR count). The lowest BCUT2D eigenvalue weighted by molar-refractivity contribution is 0.468. The number of hydrogen-bond acceptors (Lipinski definition) is 4. The first kappa shape index (κ1) is 7.74. The van der Waals surface area contributed by atoms with Crippen molar-refractivity contribution >= 4 is 17.4 Å². The minimum absolute atomic E-state index is 0.0509. The molecule has 58 valence electrons. The second-order valence-corrected chi connectivity index (χ2v) is 2.13. The number of nitrogens with one attached hydrogen (secondary N) is 1. The van der Waals surface area contributed by atoms with Gasteiger partial charge in [-0.3, -0.25) is 5.41 Å². The van der Waals surface area contributed by atoms with Crippen LogP contribution >= 0.6 is 11.6 Å². The van der Waals surface area contributed by atoms with Crippen molar-refractivity contribution in [1.82, 2.24) is 9.97 Å². The fraction of sp³-hybridized carbons (Fsp3) is 0. The van der Waals surface area contributed by atoms with Gasteiger partial charge in [0, 0.05) is 0 Å². The Hall–Kier alpha value is -1.36. The highest BCUT2D eigenvalue weighted by atomic mass is 35.5. The fourth-order valence-corrected chi connectivity index (χ4v) is 0.688. The van der Waals surface area contributed by atoms with E-state index in [1.807, 2.05) is 0 Å². The number of nitrogen functional groups attached to an aromatic ring is 1. The Morgan fingerprint density at radius 2 is 2.27 bits per heavy atom. The molecule has 6 heteroatoms. The average Bonchev–Trinajstić information content (AvgIpc) is 1.94. The maximum atomic E-state index is 9.09. The third-order valence-electron chi connectivity index (χ3n) is 1.03. The van der Waals surface area contributed by atoms with Crippen molar-refractivity contribution in [2.75, 3.05) is 0 Å². The summed E-state index contributed by atoms with van der Waals surface area (Å²) in [6, 6.07) is 0. The van der Waals surface area contributed by atoms with Crippen molar-refractivity contribution in [3.05, 3.63) is 17.2 Å². The summed E-state index contributed by atoms with van der Waals surface area (Å²) in [7, 11) is 0. The molecule has 0 saturated heterocycles. The van der Waals surface area contributed by atoms with Gasteiger partial charge in [-0.15, -0.1) is 0 Å². The Kier molecular flexibility index (Phi) is 1.91. The van der Waals surface area contributed by atoms with Crippen LogP contribution in [0.3, 0.4) is 0 Å². The molecule has 0 radical (unpaired) electrons. The smallest absolute Gasteiger partial charge is 0.183 e. The molecule has 0 aliphatic rings. The fourth-order valence-electron chi connectivity index (χ4n) is 0.554. The molecule has 5 nitrogen and oxygen atoms in total. The minimum atomic E-state index is -0.360. The molecule has 0 fully saturated rings. The maximum Gasteiger partial charge on any atom is 0.183 e. The van der Waals surface area contributed by atoms with Crippen molar-refractivity contribution in [3.63, 3.8) is 0 Å². The minimum Gasteiger partial charge on any atom is -0.503 e. The number of hydrogen-bond donors (Lipinski definition) is 3. The zero-order valence-corrected chi connectivity index (χ0v) is 6.13. The highest BCUT2D eigenvalue weighted by Crippen LogP contribution is 2.21. The maximum absolute atomic E-state index is 9.09. The molecule has 0 aliphatic heterocycles. The van der Waals surface area contributed by atoms with E-state index >= 15 is 0 Å². The third kappa shape index (κ3) is 1.38. The molecule has 1 aromatic rings.